The van der Waals surface area contributed by atoms with E-state index in [-0.39, 0.29) is 30.0 Å². The van der Waals surface area contributed by atoms with Gasteiger partial charge in [0.15, 0.2) is 0 Å². The van der Waals surface area contributed by atoms with Gasteiger partial charge in [0, 0.05) is 18.6 Å². The number of nitrogens with one attached hydrogen (secondary N) is 1. The molecule has 2 atom stereocenters. The van der Waals surface area contributed by atoms with Crippen molar-refractivity contribution in [3.63, 3.8) is 0 Å². The van der Waals surface area contributed by atoms with Gasteiger partial charge in [-0.25, -0.2) is 4.79 Å². The Bertz CT molecular complexity index is 355. The van der Waals surface area contributed by atoms with Gasteiger partial charge in [-0.3, -0.25) is 4.79 Å². The minimum Gasteiger partial charge on any atom is -0.481 e. The Morgan fingerprint density at radius 2 is 2.10 bits per heavy atom. The van der Waals surface area contributed by atoms with E-state index in [4.69, 9.17) is 5.11 Å². The van der Waals surface area contributed by atoms with Crippen molar-refractivity contribution >= 4 is 12.0 Å². The fourth-order valence-electron chi connectivity index (χ4n) is 3.10. The molecule has 0 aliphatic heterocycles. The zero-order valence-corrected chi connectivity index (χ0v) is 13.1. The Balaban J connectivity index is 2.56. The van der Waals surface area contributed by atoms with Crippen LogP contribution >= 0.6 is 0 Å². The largest absolute Gasteiger partial charge is 0.481 e. The van der Waals surface area contributed by atoms with E-state index < -0.39 is 5.97 Å². The van der Waals surface area contributed by atoms with Crippen molar-refractivity contribution in [2.75, 3.05) is 6.54 Å². The van der Waals surface area contributed by atoms with Gasteiger partial charge in [-0.05, 0) is 38.5 Å². The predicted molar refractivity (Wildman–Crippen MR) is 78.7 cm³/mol. The molecule has 2 unspecified atom stereocenters. The number of hydrogen-bond donors (Lipinski definition) is 2. The number of rotatable bonds is 5. The van der Waals surface area contributed by atoms with Crippen LogP contribution in [0.2, 0.25) is 0 Å². The van der Waals surface area contributed by atoms with E-state index in [1.165, 1.54) is 6.42 Å². The molecule has 20 heavy (non-hydrogen) atoms. The summed E-state index contributed by atoms with van der Waals surface area (Å²) in [5, 5.41) is 11.9. The van der Waals surface area contributed by atoms with E-state index in [9.17, 15) is 9.59 Å². The highest BCUT2D eigenvalue weighted by Gasteiger charge is 2.30. The number of carboxylic acid groups (broad SMARTS) is 1. The van der Waals surface area contributed by atoms with Crippen LogP contribution in [0.1, 0.15) is 59.8 Å². The SMILES string of the molecule is CCN(C(=O)NC1CCCC(C)(C)C1)C(C)CC(=O)O. The molecule has 1 fully saturated rings. The van der Waals surface area contributed by atoms with E-state index in [1.54, 1.807) is 11.8 Å². The van der Waals surface area contributed by atoms with Crippen molar-refractivity contribution in [3.8, 4) is 0 Å². The van der Waals surface area contributed by atoms with Crippen molar-refractivity contribution in [1.29, 1.82) is 0 Å². The van der Waals surface area contributed by atoms with Gasteiger partial charge in [-0.2, -0.15) is 0 Å². The second kappa shape index (κ2) is 6.95. The summed E-state index contributed by atoms with van der Waals surface area (Å²) in [5.74, 6) is -0.873. The Labute approximate surface area is 121 Å². The Morgan fingerprint density at radius 1 is 1.45 bits per heavy atom. The third kappa shape index (κ3) is 5.02. The van der Waals surface area contributed by atoms with Crippen molar-refractivity contribution in [3.05, 3.63) is 0 Å². The van der Waals surface area contributed by atoms with Crippen molar-refractivity contribution in [1.82, 2.24) is 10.2 Å². The number of carbonyl (C=O) groups is 2. The lowest BCUT2D eigenvalue weighted by atomic mass is 9.75. The Morgan fingerprint density at radius 3 is 2.60 bits per heavy atom. The van der Waals surface area contributed by atoms with Gasteiger partial charge in [-0.1, -0.05) is 20.3 Å². The highest BCUT2D eigenvalue weighted by Crippen LogP contribution is 2.35. The Hall–Kier alpha value is -1.26. The summed E-state index contributed by atoms with van der Waals surface area (Å²) in [7, 11) is 0. The maximum Gasteiger partial charge on any atom is 0.317 e. The number of hydrogen-bond acceptors (Lipinski definition) is 2. The lowest BCUT2D eigenvalue weighted by Crippen LogP contribution is -2.50. The summed E-state index contributed by atoms with van der Waals surface area (Å²) in [6, 6.07) is -0.213. The molecule has 116 valence electrons. The smallest absolute Gasteiger partial charge is 0.317 e. The molecule has 1 saturated carbocycles. The summed E-state index contributed by atoms with van der Waals surface area (Å²) in [5.41, 5.74) is 0.278. The molecule has 5 nitrogen and oxygen atoms in total. The lowest BCUT2D eigenvalue weighted by Gasteiger charge is -2.37. The monoisotopic (exact) mass is 284 g/mol. The zero-order chi connectivity index (χ0) is 15.3. The van der Waals surface area contributed by atoms with E-state index in [0.717, 1.165) is 19.3 Å². The molecule has 0 aromatic heterocycles. The van der Waals surface area contributed by atoms with E-state index in [0.29, 0.717) is 6.54 Å². The first kappa shape index (κ1) is 16.8. The number of carboxylic acids is 1. The van der Waals surface area contributed by atoms with Crippen molar-refractivity contribution < 1.29 is 14.7 Å². The first-order chi connectivity index (χ1) is 9.25. The summed E-state index contributed by atoms with van der Waals surface area (Å²) in [6.45, 7) is 8.65. The van der Waals surface area contributed by atoms with Crippen molar-refractivity contribution in [2.24, 2.45) is 5.41 Å². The quantitative estimate of drug-likeness (QED) is 0.815. The van der Waals surface area contributed by atoms with Crippen LogP contribution in [0.15, 0.2) is 0 Å². The molecule has 1 aliphatic rings. The summed E-state index contributed by atoms with van der Waals surface area (Å²) in [6.07, 6.45) is 4.32. The maximum absolute atomic E-state index is 12.3. The number of aliphatic carboxylic acids is 1. The van der Waals surface area contributed by atoms with Gasteiger partial charge in [0.05, 0.1) is 6.42 Å². The number of carbonyl (C=O) groups excluding carboxylic acids is 1. The fraction of sp³-hybridized carbons (Fsp3) is 0.867. The van der Waals surface area contributed by atoms with Crippen LogP contribution in [-0.2, 0) is 4.79 Å². The molecule has 5 heteroatoms. The molecule has 2 amide bonds. The third-order valence-corrected chi connectivity index (χ3v) is 4.14. The number of urea groups is 1. The van der Waals surface area contributed by atoms with Crippen LogP contribution in [0.3, 0.4) is 0 Å². The molecule has 0 heterocycles. The van der Waals surface area contributed by atoms with E-state index in [1.807, 2.05) is 6.92 Å². The van der Waals surface area contributed by atoms with Gasteiger partial charge in [0.1, 0.15) is 0 Å². The number of amides is 2. The van der Waals surface area contributed by atoms with Crippen LogP contribution in [0.4, 0.5) is 4.79 Å². The molecule has 0 spiro atoms. The van der Waals surface area contributed by atoms with E-state index in [2.05, 4.69) is 19.2 Å². The van der Waals surface area contributed by atoms with Gasteiger partial charge in [0.25, 0.3) is 0 Å². The summed E-state index contributed by atoms with van der Waals surface area (Å²) >= 11 is 0. The molecular weight excluding hydrogens is 256 g/mol. The average Bonchev–Trinajstić information content (AvgIpc) is 2.26. The highest BCUT2D eigenvalue weighted by molar-refractivity contribution is 5.76. The molecule has 0 saturated heterocycles. The normalized spacial score (nSPS) is 22.9. The van der Waals surface area contributed by atoms with E-state index >= 15 is 0 Å². The highest BCUT2D eigenvalue weighted by atomic mass is 16.4. The standard InChI is InChI=1S/C15H28N2O3/c1-5-17(11(2)9-13(18)19)14(20)16-12-7-6-8-15(3,4)10-12/h11-12H,5-10H2,1-4H3,(H,16,20)(H,18,19). The van der Waals surface area contributed by atoms with Crippen LogP contribution in [-0.4, -0.2) is 40.6 Å². The van der Waals surface area contributed by atoms with Crippen LogP contribution in [0, 0.1) is 5.41 Å². The third-order valence-electron chi connectivity index (χ3n) is 4.14. The topological polar surface area (TPSA) is 69.6 Å². The second-order valence-corrected chi connectivity index (χ2v) is 6.64. The molecule has 2 N–H and O–H groups in total. The molecule has 0 bridgehead atoms. The maximum atomic E-state index is 12.3. The minimum absolute atomic E-state index is 0.0164. The first-order valence-electron chi connectivity index (χ1n) is 7.54. The molecule has 0 aromatic rings. The zero-order valence-electron chi connectivity index (χ0n) is 13.1. The fourth-order valence-corrected chi connectivity index (χ4v) is 3.10. The molecule has 1 aliphatic carbocycles. The molecule has 1 rings (SSSR count). The van der Waals surface area contributed by atoms with Crippen LogP contribution < -0.4 is 5.32 Å². The molecule has 0 radical (unpaired) electrons. The summed E-state index contributed by atoms with van der Waals surface area (Å²) in [4.78, 5) is 24.7. The minimum atomic E-state index is -0.873. The first-order valence-corrected chi connectivity index (χ1v) is 7.54. The molecule has 0 aromatic carbocycles. The predicted octanol–water partition coefficient (Wildman–Crippen LogP) is 2.85. The average molecular weight is 284 g/mol. The second-order valence-electron chi connectivity index (χ2n) is 6.64. The van der Waals surface area contributed by atoms with Crippen LogP contribution in [0.25, 0.3) is 0 Å². The molecular formula is C15H28N2O3. The van der Waals surface area contributed by atoms with Gasteiger partial charge >= 0.3 is 12.0 Å². The van der Waals surface area contributed by atoms with Crippen molar-refractivity contribution in [2.45, 2.75) is 71.9 Å². The van der Waals surface area contributed by atoms with Crippen LogP contribution in [0.5, 0.6) is 0 Å². The lowest BCUT2D eigenvalue weighted by molar-refractivity contribution is -0.138. The van der Waals surface area contributed by atoms with Gasteiger partial charge in [-0.15, -0.1) is 0 Å². The number of nitrogens with zero attached hydrogens (tertiary/aromatic N) is 1. The van der Waals surface area contributed by atoms with Gasteiger partial charge < -0.3 is 15.3 Å². The van der Waals surface area contributed by atoms with Gasteiger partial charge in [0.2, 0.25) is 0 Å². The Kier molecular flexibility index (Phi) is 5.84. The summed E-state index contributed by atoms with van der Waals surface area (Å²) < 4.78 is 0.